The molecule has 0 saturated heterocycles. The summed E-state index contributed by atoms with van der Waals surface area (Å²) in [4.78, 5) is 0. The van der Waals surface area contributed by atoms with E-state index in [2.05, 4.69) is 31.3 Å². The lowest BCUT2D eigenvalue weighted by Gasteiger charge is -2.17. The summed E-state index contributed by atoms with van der Waals surface area (Å²) < 4.78 is 11.0. The quantitative estimate of drug-likeness (QED) is 0.721. The molecule has 1 N–H and O–H groups in total. The third-order valence-corrected chi connectivity index (χ3v) is 2.69. The van der Waals surface area contributed by atoms with Crippen LogP contribution in [-0.4, -0.2) is 26.4 Å². The lowest BCUT2D eigenvalue weighted by molar-refractivity contribution is 0.0913. The van der Waals surface area contributed by atoms with E-state index in [4.69, 9.17) is 9.47 Å². The molecule has 0 heterocycles. The predicted octanol–water partition coefficient (Wildman–Crippen LogP) is 2.91. The summed E-state index contributed by atoms with van der Waals surface area (Å²) in [6.45, 7) is 8.78. The standard InChI is InChI=1S/C15H25NO2/c1-5-8-16-10-14-9-12(2)6-7-15(14)18-13(3)11-17-4/h6-7,9,13,16H,5,8,10-11H2,1-4H3. The lowest BCUT2D eigenvalue weighted by Crippen LogP contribution is -2.20. The molecule has 0 bridgehead atoms. The lowest BCUT2D eigenvalue weighted by atomic mass is 10.1. The molecule has 0 radical (unpaired) electrons. The van der Waals surface area contributed by atoms with E-state index in [1.165, 1.54) is 11.1 Å². The van der Waals surface area contributed by atoms with Gasteiger partial charge in [0.05, 0.1) is 6.61 Å². The van der Waals surface area contributed by atoms with Gasteiger partial charge < -0.3 is 14.8 Å². The molecule has 102 valence electrons. The van der Waals surface area contributed by atoms with Crippen molar-refractivity contribution in [2.75, 3.05) is 20.3 Å². The summed E-state index contributed by atoms with van der Waals surface area (Å²) in [6.07, 6.45) is 1.21. The molecule has 18 heavy (non-hydrogen) atoms. The van der Waals surface area contributed by atoms with Crippen LogP contribution in [0.5, 0.6) is 5.75 Å². The van der Waals surface area contributed by atoms with Gasteiger partial charge in [0.15, 0.2) is 0 Å². The summed E-state index contributed by atoms with van der Waals surface area (Å²) in [7, 11) is 1.69. The second kappa shape index (κ2) is 8.11. The molecule has 0 aliphatic heterocycles. The van der Waals surface area contributed by atoms with Crippen LogP contribution in [0.2, 0.25) is 0 Å². The zero-order chi connectivity index (χ0) is 13.4. The minimum Gasteiger partial charge on any atom is -0.488 e. The van der Waals surface area contributed by atoms with Crippen LogP contribution in [0.25, 0.3) is 0 Å². The molecule has 1 aromatic carbocycles. The molecule has 1 unspecified atom stereocenters. The Bertz CT molecular complexity index is 352. The van der Waals surface area contributed by atoms with E-state index in [0.29, 0.717) is 6.61 Å². The minimum atomic E-state index is 0.0719. The number of aryl methyl sites for hydroxylation is 1. The van der Waals surface area contributed by atoms with Crippen molar-refractivity contribution in [2.24, 2.45) is 0 Å². The molecule has 0 aliphatic rings. The summed E-state index contributed by atoms with van der Waals surface area (Å²) in [5.74, 6) is 0.953. The highest BCUT2D eigenvalue weighted by Crippen LogP contribution is 2.21. The zero-order valence-electron chi connectivity index (χ0n) is 12.0. The fraction of sp³-hybridized carbons (Fsp3) is 0.600. The Balaban J connectivity index is 2.69. The molecule has 1 atom stereocenters. The molecule has 3 heteroatoms. The normalized spacial score (nSPS) is 12.4. The molecule has 0 amide bonds. The van der Waals surface area contributed by atoms with Crippen LogP contribution in [-0.2, 0) is 11.3 Å². The van der Waals surface area contributed by atoms with Crippen molar-refractivity contribution in [3.05, 3.63) is 29.3 Å². The van der Waals surface area contributed by atoms with Crippen molar-refractivity contribution in [3.8, 4) is 5.75 Å². The van der Waals surface area contributed by atoms with Gasteiger partial charge >= 0.3 is 0 Å². The summed E-state index contributed by atoms with van der Waals surface area (Å²) in [5, 5.41) is 3.41. The maximum absolute atomic E-state index is 5.91. The molecule has 3 nitrogen and oxygen atoms in total. The number of hydrogen-bond donors (Lipinski definition) is 1. The van der Waals surface area contributed by atoms with Gasteiger partial charge in [0.1, 0.15) is 11.9 Å². The average molecular weight is 251 g/mol. The number of methoxy groups -OCH3 is 1. The zero-order valence-corrected chi connectivity index (χ0v) is 12.0. The largest absolute Gasteiger partial charge is 0.488 e. The Kier molecular flexibility index (Phi) is 6.76. The van der Waals surface area contributed by atoms with Gasteiger partial charge in [-0.05, 0) is 32.9 Å². The minimum absolute atomic E-state index is 0.0719. The van der Waals surface area contributed by atoms with Crippen molar-refractivity contribution >= 4 is 0 Å². The Morgan fingerprint density at radius 3 is 2.78 bits per heavy atom. The number of nitrogens with one attached hydrogen (secondary N) is 1. The van der Waals surface area contributed by atoms with Gasteiger partial charge in [-0.1, -0.05) is 24.6 Å². The first kappa shape index (κ1) is 15.0. The first-order valence-corrected chi connectivity index (χ1v) is 6.63. The maximum Gasteiger partial charge on any atom is 0.124 e. The SMILES string of the molecule is CCCNCc1cc(C)ccc1OC(C)COC. The predicted molar refractivity (Wildman–Crippen MR) is 75.1 cm³/mol. The molecule has 1 aromatic rings. The number of benzene rings is 1. The van der Waals surface area contributed by atoms with Gasteiger partial charge in [0.2, 0.25) is 0 Å². The molecule has 1 rings (SSSR count). The van der Waals surface area contributed by atoms with Gasteiger partial charge in [0.25, 0.3) is 0 Å². The summed E-state index contributed by atoms with van der Waals surface area (Å²) in [6, 6.07) is 6.31. The maximum atomic E-state index is 5.91. The average Bonchev–Trinajstić information content (AvgIpc) is 2.33. The fourth-order valence-corrected chi connectivity index (χ4v) is 1.85. The van der Waals surface area contributed by atoms with E-state index in [9.17, 15) is 0 Å². The van der Waals surface area contributed by atoms with E-state index in [0.717, 1.165) is 25.3 Å². The summed E-state index contributed by atoms with van der Waals surface area (Å²) >= 11 is 0. The van der Waals surface area contributed by atoms with Gasteiger partial charge in [-0.2, -0.15) is 0 Å². The Labute approximate surface area is 110 Å². The molecule has 0 aliphatic carbocycles. The van der Waals surface area contributed by atoms with Crippen LogP contribution in [0.1, 0.15) is 31.4 Å². The Hall–Kier alpha value is -1.06. The van der Waals surface area contributed by atoms with Gasteiger partial charge in [0, 0.05) is 19.2 Å². The highest BCUT2D eigenvalue weighted by Gasteiger charge is 2.08. The molecule has 0 saturated carbocycles. The van der Waals surface area contributed by atoms with Crippen LogP contribution in [0.15, 0.2) is 18.2 Å². The topological polar surface area (TPSA) is 30.5 Å². The van der Waals surface area contributed by atoms with Crippen LogP contribution in [0.4, 0.5) is 0 Å². The van der Waals surface area contributed by atoms with Crippen molar-refractivity contribution in [1.29, 1.82) is 0 Å². The highest BCUT2D eigenvalue weighted by atomic mass is 16.5. The van der Waals surface area contributed by atoms with Crippen molar-refractivity contribution < 1.29 is 9.47 Å². The Morgan fingerprint density at radius 2 is 2.11 bits per heavy atom. The third-order valence-electron chi connectivity index (χ3n) is 2.69. The van der Waals surface area contributed by atoms with E-state index in [1.54, 1.807) is 7.11 Å². The molecular formula is C15H25NO2. The van der Waals surface area contributed by atoms with Crippen LogP contribution in [0.3, 0.4) is 0 Å². The second-order valence-corrected chi connectivity index (χ2v) is 4.67. The van der Waals surface area contributed by atoms with E-state index in [1.807, 2.05) is 13.0 Å². The molecule has 0 spiro atoms. The van der Waals surface area contributed by atoms with Crippen LogP contribution < -0.4 is 10.1 Å². The van der Waals surface area contributed by atoms with E-state index < -0.39 is 0 Å². The smallest absolute Gasteiger partial charge is 0.124 e. The van der Waals surface area contributed by atoms with Crippen molar-refractivity contribution in [3.63, 3.8) is 0 Å². The van der Waals surface area contributed by atoms with Gasteiger partial charge in [-0.3, -0.25) is 0 Å². The molecule has 0 fully saturated rings. The number of rotatable bonds is 8. The molecular weight excluding hydrogens is 226 g/mol. The third kappa shape index (κ3) is 5.07. The first-order chi connectivity index (χ1) is 8.67. The molecule has 0 aromatic heterocycles. The van der Waals surface area contributed by atoms with E-state index in [-0.39, 0.29) is 6.10 Å². The van der Waals surface area contributed by atoms with Gasteiger partial charge in [-0.25, -0.2) is 0 Å². The first-order valence-electron chi connectivity index (χ1n) is 6.63. The van der Waals surface area contributed by atoms with E-state index >= 15 is 0 Å². The van der Waals surface area contributed by atoms with Gasteiger partial charge in [-0.15, -0.1) is 0 Å². The van der Waals surface area contributed by atoms with Crippen molar-refractivity contribution in [1.82, 2.24) is 5.32 Å². The monoisotopic (exact) mass is 251 g/mol. The highest BCUT2D eigenvalue weighted by molar-refractivity contribution is 5.37. The van der Waals surface area contributed by atoms with Crippen LogP contribution >= 0.6 is 0 Å². The number of hydrogen-bond acceptors (Lipinski definition) is 3. The van der Waals surface area contributed by atoms with Crippen LogP contribution in [0, 0.1) is 6.92 Å². The summed E-state index contributed by atoms with van der Waals surface area (Å²) in [5.41, 5.74) is 2.47. The Morgan fingerprint density at radius 1 is 1.33 bits per heavy atom. The van der Waals surface area contributed by atoms with Crippen molar-refractivity contribution in [2.45, 2.75) is 39.8 Å². The number of ether oxygens (including phenoxy) is 2. The fourth-order valence-electron chi connectivity index (χ4n) is 1.85. The second-order valence-electron chi connectivity index (χ2n) is 4.67.